The average Bonchev–Trinajstić information content (AvgIpc) is 2.83. The first-order valence-electron chi connectivity index (χ1n) is 4.82. The molecule has 2 heterocycles. The third-order valence-corrected chi connectivity index (χ3v) is 2.74. The molecule has 6 heteroatoms. The van der Waals surface area contributed by atoms with E-state index in [1.165, 1.54) is 17.4 Å². The van der Waals surface area contributed by atoms with Crippen molar-refractivity contribution in [1.82, 2.24) is 9.38 Å². The Hall–Kier alpha value is -2.08. The van der Waals surface area contributed by atoms with Gasteiger partial charge in [0, 0.05) is 17.7 Å². The number of hydrogen-bond donors (Lipinski definition) is 1. The zero-order valence-corrected chi connectivity index (χ0v) is 9.68. The Kier molecular flexibility index (Phi) is 3.24. The van der Waals surface area contributed by atoms with Gasteiger partial charge in [0.25, 0.3) is 0 Å². The first-order valence-corrected chi connectivity index (χ1v) is 5.70. The maximum Gasteiger partial charge on any atom is 0.328 e. The van der Waals surface area contributed by atoms with Gasteiger partial charge in [0.05, 0.1) is 0 Å². The van der Waals surface area contributed by atoms with E-state index in [2.05, 4.69) is 11.6 Å². The molecule has 2 aromatic rings. The fraction of sp³-hybridized carbons (Fsp3) is 0.0909. The van der Waals surface area contributed by atoms with Crippen LogP contribution >= 0.6 is 11.3 Å². The summed E-state index contributed by atoms with van der Waals surface area (Å²) < 4.78 is 7.15. The molecular weight excluding hydrogens is 240 g/mol. The first-order chi connectivity index (χ1) is 8.22. The molecular formula is C11H10N2O3S. The second-order valence-corrected chi connectivity index (χ2v) is 4.00. The standard InChI is InChI=1S/C11H10N2O3S/c1-2-6-16-10-8(3-4-9(14)15)13-5-7-17-11(13)12-10/h2-5,7H,1,6H2,(H,14,15)/b4-3+. The van der Waals surface area contributed by atoms with Crippen LogP contribution < -0.4 is 4.74 Å². The van der Waals surface area contributed by atoms with E-state index in [1.807, 2.05) is 11.6 Å². The Morgan fingerprint density at radius 1 is 1.71 bits per heavy atom. The summed E-state index contributed by atoms with van der Waals surface area (Å²) in [6, 6.07) is 0. The predicted molar refractivity (Wildman–Crippen MR) is 65.4 cm³/mol. The number of hydrogen-bond acceptors (Lipinski definition) is 4. The van der Waals surface area contributed by atoms with E-state index in [0.29, 0.717) is 18.2 Å². The number of nitrogens with zero attached hydrogens (tertiary/aromatic N) is 2. The molecule has 88 valence electrons. The fourth-order valence-electron chi connectivity index (χ4n) is 1.33. The quantitative estimate of drug-likeness (QED) is 0.651. The molecule has 0 fully saturated rings. The third kappa shape index (κ3) is 2.36. The molecule has 0 aliphatic carbocycles. The lowest BCUT2D eigenvalue weighted by Crippen LogP contribution is -1.96. The van der Waals surface area contributed by atoms with Crippen LogP contribution in [0.1, 0.15) is 5.69 Å². The summed E-state index contributed by atoms with van der Waals surface area (Å²) in [7, 11) is 0. The number of carbonyl (C=O) groups is 1. The van der Waals surface area contributed by atoms with E-state index >= 15 is 0 Å². The van der Waals surface area contributed by atoms with Crippen LogP contribution in [-0.4, -0.2) is 27.1 Å². The van der Waals surface area contributed by atoms with Gasteiger partial charge in [-0.2, -0.15) is 4.98 Å². The van der Waals surface area contributed by atoms with Crippen LogP contribution in [0.15, 0.2) is 30.3 Å². The lowest BCUT2D eigenvalue weighted by molar-refractivity contribution is -0.131. The van der Waals surface area contributed by atoms with E-state index in [9.17, 15) is 4.79 Å². The van der Waals surface area contributed by atoms with E-state index < -0.39 is 5.97 Å². The van der Waals surface area contributed by atoms with E-state index in [-0.39, 0.29) is 0 Å². The van der Waals surface area contributed by atoms with Gasteiger partial charge in [-0.15, -0.1) is 11.3 Å². The van der Waals surface area contributed by atoms with Gasteiger partial charge in [-0.25, -0.2) is 4.79 Å². The molecule has 0 atom stereocenters. The second kappa shape index (κ2) is 4.84. The Morgan fingerprint density at radius 3 is 3.24 bits per heavy atom. The zero-order valence-electron chi connectivity index (χ0n) is 8.87. The van der Waals surface area contributed by atoms with Crippen molar-refractivity contribution in [2.24, 2.45) is 0 Å². The van der Waals surface area contributed by atoms with Crippen molar-refractivity contribution in [3.8, 4) is 5.88 Å². The van der Waals surface area contributed by atoms with Crippen LogP contribution in [0.3, 0.4) is 0 Å². The highest BCUT2D eigenvalue weighted by atomic mass is 32.1. The van der Waals surface area contributed by atoms with Gasteiger partial charge in [0.15, 0.2) is 4.96 Å². The Labute approximate surface area is 101 Å². The normalized spacial score (nSPS) is 11.1. The Morgan fingerprint density at radius 2 is 2.53 bits per heavy atom. The second-order valence-electron chi connectivity index (χ2n) is 3.13. The molecule has 2 aromatic heterocycles. The maximum absolute atomic E-state index is 10.5. The first kappa shape index (κ1) is 11.4. The molecule has 0 aliphatic heterocycles. The number of aromatic nitrogens is 2. The predicted octanol–water partition coefficient (Wildman–Crippen LogP) is 2.06. The van der Waals surface area contributed by atoms with Crippen LogP contribution in [0.4, 0.5) is 0 Å². The summed E-state index contributed by atoms with van der Waals surface area (Å²) in [5, 5.41) is 10.5. The summed E-state index contributed by atoms with van der Waals surface area (Å²) in [5.74, 6) is -0.598. The topological polar surface area (TPSA) is 63.8 Å². The zero-order chi connectivity index (χ0) is 12.3. The largest absolute Gasteiger partial charge is 0.478 e. The minimum Gasteiger partial charge on any atom is -0.478 e. The van der Waals surface area contributed by atoms with E-state index in [0.717, 1.165) is 11.0 Å². The van der Waals surface area contributed by atoms with Crippen LogP contribution in [-0.2, 0) is 4.79 Å². The minimum absolute atomic E-state index is 0.332. The average molecular weight is 250 g/mol. The van der Waals surface area contributed by atoms with Crippen LogP contribution in [0, 0.1) is 0 Å². The van der Waals surface area contributed by atoms with E-state index in [4.69, 9.17) is 9.84 Å². The summed E-state index contributed by atoms with van der Waals surface area (Å²) in [6.07, 6.45) is 5.95. The summed E-state index contributed by atoms with van der Waals surface area (Å²) in [4.78, 5) is 15.5. The highest BCUT2D eigenvalue weighted by Crippen LogP contribution is 2.24. The van der Waals surface area contributed by atoms with Gasteiger partial charge in [-0.05, 0) is 6.08 Å². The smallest absolute Gasteiger partial charge is 0.328 e. The van der Waals surface area contributed by atoms with Crippen molar-refractivity contribution >= 4 is 28.3 Å². The van der Waals surface area contributed by atoms with Gasteiger partial charge in [0.2, 0.25) is 5.88 Å². The molecule has 0 saturated carbocycles. The van der Waals surface area contributed by atoms with Crippen molar-refractivity contribution in [2.75, 3.05) is 6.61 Å². The molecule has 0 spiro atoms. The number of aliphatic carboxylic acids is 1. The molecule has 1 N–H and O–H groups in total. The van der Waals surface area contributed by atoms with Crippen LogP contribution in [0.2, 0.25) is 0 Å². The molecule has 2 rings (SSSR count). The molecule has 0 aliphatic rings. The van der Waals surface area contributed by atoms with Crippen molar-refractivity contribution in [3.63, 3.8) is 0 Å². The monoisotopic (exact) mass is 250 g/mol. The van der Waals surface area contributed by atoms with Gasteiger partial charge in [0.1, 0.15) is 12.3 Å². The third-order valence-electron chi connectivity index (χ3n) is 1.99. The maximum atomic E-state index is 10.5. The number of thiazole rings is 1. The molecule has 17 heavy (non-hydrogen) atoms. The van der Waals surface area contributed by atoms with Crippen LogP contribution in [0.25, 0.3) is 11.0 Å². The van der Waals surface area contributed by atoms with Gasteiger partial charge in [-0.1, -0.05) is 12.7 Å². The summed E-state index contributed by atoms with van der Waals surface area (Å²) >= 11 is 1.45. The Balaban J connectivity index is 2.42. The number of imidazole rings is 1. The SMILES string of the molecule is C=CCOc1nc2sccn2c1/C=C/C(=O)O. The highest BCUT2D eigenvalue weighted by Gasteiger charge is 2.11. The molecule has 0 radical (unpaired) electrons. The van der Waals surface area contributed by atoms with Crippen molar-refractivity contribution < 1.29 is 14.6 Å². The highest BCUT2D eigenvalue weighted by molar-refractivity contribution is 7.15. The van der Waals surface area contributed by atoms with Gasteiger partial charge >= 0.3 is 5.97 Å². The summed E-state index contributed by atoms with van der Waals surface area (Å²) in [6.45, 7) is 3.88. The van der Waals surface area contributed by atoms with E-state index in [1.54, 1.807) is 10.5 Å². The number of fused-ring (bicyclic) bond motifs is 1. The van der Waals surface area contributed by atoms with Crippen molar-refractivity contribution in [2.45, 2.75) is 0 Å². The van der Waals surface area contributed by atoms with Crippen molar-refractivity contribution in [1.29, 1.82) is 0 Å². The summed E-state index contributed by atoms with van der Waals surface area (Å²) in [5.41, 5.74) is 0.616. The van der Waals surface area contributed by atoms with Gasteiger partial charge < -0.3 is 9.84 Å². The van der Waals surface area contributed by atoms with Crippen molar-refractivity contribution in [3.05, 3.63) is 36.0 Å². The molecule has 0 bridgehead atoms. The number of carboxylic acid groups (broad SMARTS) is 1. The minimum atomic E-state index is -1.01. The Bertz CT molecular complexity index is 583. The lowest BCUT2D eigenvalue weighted by atomic mass is 10.4. The lowest BCUT2D eigenvalue weighted by Gasteiger charge is -1.99. The number of ether oxygens (including phenoxy) is 1. The number of rotatable bonds is 5. The molecule has 0 aromatic carbocycles. The number of carboxylic acids is 1. The van der Waals surface area contributed by atoms with Gasteiger partial charge in [-0.3, -0.25) is 4.40 Å². The fourth-order valence-corrected chi connectivity index (χ4v) is 2.04. The molecule has 0 unspecified atom stereocenters. The van der Waals surface area contributed by atoms with Crippen LogP contribution in [0.5, 0.6) is 5.88 Å². The molecule has 5 nitrogen and oxygen atoms in total. The molecule has 0 saturated heterocycles. The molecule has 0 amide bonds.